The summed E-state index contributed by atoms with van der Waals surface area (Å²) in [5, 5.41) is 0. The summed E-state index contributed by atoms with van der Waals surface area (Å²) in [5.74, 6) is -0.295. The third-order valence-corrected chi connectivity index (χ3v) is 3.57. The van der Waals surface area contributed by atoms with Crippen LogP contribution in [-0.2, 0) is 16.0 Å². The van der Waals surface area contributed by atoms with E-state index in [1.54, 1.807) is 4.90 Å². The largest absolute Gasteiger partial charge is 0.361 e. The quantitative estimate of drug-likeness (QED) is 0.479. The van der Waals surface area contributed by atoms with Gasteiger partial charge in [0.25, 0.3) is 0 Å². The number of amides is 1. The van der Waals surface area contributed by atoms with E-state index in [0.717, 1.165) is 5.56 Å². The topological polar surface area (TPSA) is 65.9 Å². The van der Waals surface area contributed by atoms with E-state index in [2.05, 4.69) is 4.79 Å². The van der Waals surface area contributed by atoms with Gasteiger partial charge in [-0.25, -0.2) is 0 Å². The molecule has 20 heavy (non-hydrogen) atoms. The molecule has 1 aliphatic heterocycles. The molecule has 106 valence electrons. The highest BCUT2D eigenvalue weighted by Gasteiger charge is 2.45. The van der Waals surface area contributed by atoms with Gasteiger partial charge in [-0.15, -0.1) is 0 Å². The van der Waals surface area contributed by atoms with Crippen molar-refractivity contribution in [1.82, 2.24) is 4.90 Å². The summed E-state index contributed by atoms with van der Waals surface area (Å²) >= 11 is 0. The van der Waals surface area contributed by atoms with Crippen molar-refractivity contribution in [1.29, 1.82) is 0 Å². The minimum absolute atomic E-state index is 0.0587. The Bertz CT molecular complexity index is 547. The molecule has 5 nitrogen and oxygen atoms in total. The van der Waals surface area contributed by atoms with Gasteiger partial charge in [-0.2, -0.15) is 4.79 Å². The molecule has 1 aromatic rings. The summed E-state index contributed by atoms with van der Waals surface area (Å²) in [4.78, 5) is 17.0. The maximum Gasteiger partial charge on any atom is 0.353 e. The van der Waals surface area contributed by atoms with Crippen LogP contribution in [-0.4, -0.2) is 39.7 Å². The summed E-state index contributed by atoms with van der Waals surface area (Å²) in [6.45, 7) is 5.67. The van der Waals surface area contributed by atoms with E-state index in [0.29, 0.717) is 13.0 Å². The molecule has 1 saturated heterocycles. The van der Waals surface area contributed by atoms with Gasteiger partial charge in [0.2, 0.25) is 0 Å². The second-order valence-electron chi connectivity index (χ2n) is 5.46. The molecule has 1 aliphatic rings. The monoisotopic (exact) mass is 273 g/mol. The van der Waals surface area contributed by atoms with Gasteiger partial charge >= 0.3 is 11.6 Å². The lowest BCUT2D eigenvalue weighted by atomic mass is 10.0. The number of nitrogens with zero attached hydrogens (tertiary/aromatic N) is 3. The number of ether oxygens (including phenoxy) is 1. The molecular weight excluding hydrogens is 254 g/mol. The number of rotatable bonds is 3. The van der Waals surface area contributed by atoms with Gasteiger partial charge in [0.05, 0.1) is 12.6 Å². The van der Waals surface area contributed by atoms with E-state index in [4.69, 9.17) is 10.3 Å². The first kappa shape index (κ1) is 14.4. The molecule has 2 rings (SSSR count). The maximum absolute atomic E-state index is 12.3. The smallest absolute Gasteiger partial charge is 0.353 e. The van der Waals surface area contributed by atoms with Crippen LogP contribution >= 0.6 is 0 Å². The standard InChI is InChI=1S/C15H19N3O2/c1-11(17-16)14(19)18-13(10-20-15(18,2)3)9-12-7-5-4-6-8-12/h4-8,13H,9-10H2,1-3H3/t13-/m0/s1. The van der Waals surface area contributed by atoms with Crippen LogP contribution in [0.25, 0.3) is 5.53 Å². The first-order chi connectivity index (χ1) is 9.45. The van der Waals surface area contributed by atoms with Crippen molar-refractivity contribution in [2.45, 2.75) is 39.0 Å². The summed E-state index contributed by atoms with van der Waals surface area (Å²) in [6, 6.07) is 9.91. The van der Waals surface area contributed by atoms with Crippen LogP contribution in [0.15, 0.2) is 30.3 Å². The Balaban J connectivity index is 2.24. The molecular formula is C15H19N3O2. The second-order valence-corrected chi connectivity index (χ2v) is 5.46. The van der Waals surface area contributed by atoms with Crippen molar-refractivity contribution in [3.63, 3.8) is 0 Å². The maximum atomic E-state index is 12.3. The average molecular weight is 273 g/mol. The van der Waals surface area contributed by atoms with Crippen LogP contribution in [0.5, 0.6) is 0 Å². The van der Waals surface area contributed by atoms with Crippen LogP contribution in [0, 0.1) is 0 Å². The molecule has 1 heterocycles. The van der Waals surface area contributed by atoms with Crippen molar-refractivity contribution < 1.29 is 14.3 Å². The number of carbonyl (C=O) groups is 1. The van der Waals surface area contributed by atoms with Crippen molar-refractivity contribution in [2.24, 2.45) is 0 Å². The lowest BCUT2D eigenvalue weighted by molar-refractivity contribution is -0.143. The molecule has 0 unspecified atom stereocenters. The zero-order valence-electron chi connectivity index (χ0n) is 12.0. The lowest BCUT2D eigenvalue weighted by Gasteiger charge is -2.32. The Hall–Kier alpha value is -1.97. The Labute approximate surface area is 118 Å². The first-order valence-electron chi connectivity index (χ1n) is 6.66. The molecule has 1 amide bonds. The number of hydrogen-bond donors (Lipinski definition) is 0. The van der Waals surface area contributed by atoms with Gasteiger partial charge in [0, 0.05) is 6.92 Å². The molecule has 0 N–H and O–H groups in total. The molecule has 0 saturated carbocycles. The zero-order chi connectivity index (χ0) is 14.8. The summed E-state index contributed by atoms with van der Waals surface area (Å²) in [5.41, 5.74) is 9.34. The summed E-state index contributed by atoms with van der Waals surface area (Å²) < 4.78 is 5.72. The molecule has 0 radical (unpaired) electrons. The average Bonchev–Trinajstić information content (AvgIpc) is 2.73. The fraction of sp³-hybridized carbons (Fsp3) is 0.467. The Morgan fingerprint density at radius 2 is 2.10 bits per heavy atom. The fourth-order valence-corrected chi connectivity index (χ4v) is 2.55. The van der Waals surface area contributed by atoms with Gasteiger partial charge < -0.3 is 10.3 Å². The van der Waals surface area contributed by atoms with E-state index >= 15 is 0 Å². The second kappa shape index (κ2) is 5.57. The molecule has 0 aliphatic carbocycles. The molecule has 0 aromatic heterocycles. The van der Waals surface area contributed by atoms with Gasteiger partial charge in [-0.05, 0) is 25.8 Å². The molecule has 0 spiro atoms. The third kappa shape index (κ3) is 2.79. The first-order valence-corrected chi connectivity index (χ1v) is 6.66. The van der Waals surface area contributed by atoms with Crippen LogP contribution in [0.1, 0.15) is 26.3 Å². The third-order valence-electron chi connectivity index (χ3n) is 3.57. The number of hydrogen-bond acceptors (Lipinski definition) is 2. The fourth-order valence-electron chi connectivity index (χ4n) is 2.55. The zero-order valence-corrected chi connectivity index (χ0v) is 12.0. The highest BCUT2D eigenvalue weighted by molar-refractivity contribution is 6.35. The highest BCUT2D eigenvalue weighted by Crippen LogP contribution is 2.29. The predicted molar refractivity (Wildman–Crippen MR) is 75.1 cm³/mol. The molecule has 1 aromatic carbocycles. The van der Waals surface area contributed by atoms with E-state index in [-0.39, 0.29) is 17.7 Å². The van der Waals surface area contributed by atoms with Gasteiger partial charge in [-0.3, -0.25) is 9.69 Å². The van der Waals surface area contributed by atoms with Crippen LogP contribution < -0.4 is 0 Å². The van der Waals surface area contributed by atoms with Crippen LogP contribution in [0.2, 0.25) is 0 Å². The molecule has 1 atom stereocenters. The van der Waals surface area contributed by atoms with E-state index in [9.17, 15) is 4.79 Å². The number of benzene rings is 1. The number of carbonyl (C=O) groups excluding carboxylic acids is 1. The molecule has 0 bridgehead atoms. The minimum atomic E-state index is -0.692. The van der Waals surface area contributed by atoms with Crippen LogP contribution in [0.4, 0.5) is 0 Å². The van der Waals surface area contributed by atoms with Crippen molar-refractivity contribution in [2.75, 3.05) is 6.61 Å². The molecule has 1 fully saturated rings. The van der Waals surface area contributed by atoms with Crippen molar-refractivity contribution in [3.8, 4) is 0 Å². The van der Waals surface area contributed by atoms with Crippen LogP contribution in [0.3, 0.4) is 0 Å². The Morgan fingerprint density at radius 1 is 1.45 bits per heavy atom. The van der Waals surface area contributed by atoms with Gasteiger partial charge in [0.15, 0.2) is 0 Å². The normalized spacial score (nSPS) is 20.6. The van der Waals surface area contributed by atoms with Crippen molar-refractivity contribution in [3.05, 3.63) is 41.4 Å². The summed E-state index contributed by atoms with van der Waals surface area (Å²) in [7, 11) is 0. The van der Waals surface area contributed by atoms with Crippen molar-refractivity contribution >= 4 is 11.6 Å². The van der Waals surface area contributed by atoms with E-state index in [1.807, 2.05) is 44.2 Å². The SMILES string of the molecule is CC(=[N+]=[N-])C(=O)N1[C@@H](Cc2ccccc2)COC1(C)C. The molecule has 5 heteroatoms. The van der Waals surface area contributed by atoms with Gasteiger partial charge in [0.1, 0.15) is 5.72 Å². The predicted octanol–water partition coefficient (Wildman–Crippen LogP) is 1.88. The minimum Gasteiger partial charge on any atom is -0.361 e. The van der Waals surface area contributed by atoms with Gasteiger partial charge in [-0.1, -0.05) is 30.3 Å². The lowest BCUT2D eigenvalue weighted by Crippen LogP contribution is -2.51. The Kier molecular flexibility index (Phi) is 4.02. The van der Waals surface area contributed by atoms with E-state index < -0.39 is 5.72 Å². The van der Waals surface area contributed by atoms with E-state index in [1.165, 1.54) is 6.92 Å². The highest BCUT2D eigenvalue weighted by atomic mass is 16.5. The Morgan fingerprint density at radius 3 is 2.70 bits per heavy atom. The summed E-state index contributed by atoms with van der Waals surface area (Å²) in [6.07, 6.45) is 0.717.